The van der Waals surface area contributed by atoms with Crippen molar-refractivity contribution in [2.24, 2.45) is 0 Å². The Morgan fingerprint density at radius 3 is 1.91 bits per heavy atom. The predicted octanol–water partition coefficient (Wildman–Crippen LogP) is 6.07. The lowest BCUT2D eigenvalue weighted by atomic mass is 9.80. The summed E-state index contributed by atoms with van der Waals surface area (Å²) in [5.41, 5.74) is 3.01. The summed E-state index contributed by atoms with van der Waals surface area (Å²) in [6.45, 7) is 15.2. The molecule has 0 amide bonds. The van der Waals surface area contributed by atoms with Crippen LogP contribution in [0.1, 0.15) is 58.2 Å². The number of phenolic OH excluding ortho intramolecular Hbond substituents is 1. The first-order valence-electron chi connectivity index (χ1n) is 11.3. The highest BCUT2D eigenvalue weighted by Crippen LogP contribution is 2.46. The molecule has 0 bridgehead atoms. The number of phenols is 1. The first kappa shape index (κ1) is 25.1. The first-order valence-corrected chi connectivity index (χ1v) is 12.7. The molecule has 4 heteroatoms. The molecule has 0 saturated heterocycles. The van der Waals surface area contributed by atoms with Crippen LogP contribution in [-0.4, -0.2) is 19.3 Å². The van der Waals surface area contributed by atoms with Crippen LogP contribution in [0.25, 0.3) is 0 Å². The van der Waals surface area contributed by atoms with Crippen LogP contribution in [0.3, 0.4) is 0 Å². The van der Waals surface area contributed by atoms with E-state index in [2.05, 4.69) is 72.7 Å². The van der Waals surface area contributed by atoms with Crippen molar-refractivity contribution in [2.75, 3.05) is 14.2 Å². The topological polar surface area (TPSA) is 38.7 Å². The minimum atomic E-state index is -1.17. The molecule has 0 spiro atoms. The van der Waals surface area contributed by atoms with Crippen LogP contribution in [0.15, 0.2) is 54.6 Å². The summed E-state index contributed by atoms with van der Waals surface area (Å²) in [6, 6.07) is 18.6. The van der Waals surface area contributed by atoms with E-state index in [1.165, 1.54) is 5.56 Å². The van der Waals surface area contributed by atoms with E-state index in [4.69, 9.17) is 9.47 Å². The van der Waals surface area contributed by atoms with E-state index in [1.54, 1.807) is 14.2 Å². The van der Waals surface area contributed by atoms with Gasteiger partial charge in [0.2, 0.25) is 0 Å². The Bertz CT molecular complexity index is 1140. The molecular weight excluding hydrogens is 427 g/mol. The van der Waals surface area contributed by atoms with E-state index >= 15 is 0 Å². The minimum absolute atomic E-state index is 0.0694. The van der Waals surface area contributed by atoms with Gasteiger partial charge >= 0.3 is 0 Å². The largest absolute Gasteiger partial charge is 0.507 e. The minimum Gasteiger partial charge on any atom is -0.507 e. The van der Waals surface area contributed by atoms with Gasteiger partial charge in [0.15, 0.2) is 0 Å². The van der Waals surface area contributed by atoms with Crippen molar-refractivity contribution < 1.29 is 14.6 Å². The van der Waals surface area contributed by atoms with Gasteiger partial charge in [0.05, 0.1) is 14.2 Å². The molecule has 0 radical (unpaired) electrons. The van der Waals surface area contributed by atoms with Crippen molar-refractivity contribution in [1.29, 1.82) is 0 Å². The van der Waals surface area contributed by atoms with E-state index in [1.807, 2.05) is 30.3 Å². The molecule has 0 aliphatic rings. The summed E-state index contributed by atoms with van der Waals surface area (Å²) in [5.74, 6) is 1.99. The maximum atomic E-state index is 11.8. The van der Waals surface area contributed by atoms with Gasteiger partial charge in [-0.25, -0.2) is 0 Å². The van der Waals surface area contributed by atoms with Gasteiger partial charge in [-0.15, -0.1) is 0 Å². The number of aryl methyl sites for hydroxylation is 1. The zero-order chi connectivity index (χ0) is 24.6. The van der Waals surface area contributed by atoms with Crippen molar-refractivity contribution in [2.45, 2.75) is 59.3 Å². The SMILES string of the molecule is COc1ccccc1P(c1cc(C(C)(C)C)cc(C(C)(C)C)c1O)c1c(C)cccc1OC. The van der Waals surface area contributed by atoms with E-state index in [0.29, 0.717) is 5.75 Å². The number of ether oxygens (including phenoxy) is 2. The molecule has 3 nitrogen and oxygen atoms in total. The third-order valence-corrected chi connectivity index (χ3v) is 8.67. The Morgan fingerprint density at radius 1 is 0.727 bits per heavy atom. The summed E-state index contributed by atoms with van der Waals surface area (Å²) in [6.07, 6.45) is 0. The average molecular weight is 465 g/mol. The van der Waals surface area contributed by atoms with Crippen LogP contribution in [0.2, 0.25) is 0 Å². The second-order valence-electron chi connectivity index (χ2n) is 10.5. The molecule has 0 saturated carbocycles. The summed E-state index contributed by atoms with van der Waals surface area (Å²) in [5, 5.41) is 14.8. The zero-order valence-electron chi connectivity index (χ0n) is 21.4. The number of benzene rings is 3. The Balaban J connectivity index is 2.50. The Hall–Kier alpha value is -2.51. The molecule has 1 N–H and O–H groups in total. The maximum Gasteiger partial charge on any atom is 0.127 e. The highest BCUT2D eigenvalue weighted by atomic mass is 31.1. The quantitative estimate of drug-likeness (QED) is 0.466. The van der Waals surface area contributed by atoms with Crippen molar-refractivity contribution in [3.63, 3.8) is 0 Å². The second kappa shape index (κ2) is 9.39. The molecule has 1 atom stereocenters. The van der Waals surface area contributed by atoms with Gasteiger partial charge in [-0.2, -0.15) is 0 Å². The monoisotopic (exact) mass is 464 g/mol. The number of hydrogen-bond donors (Lipinski definition) is 1. The molecule has 176 valence electrons. The zero-order valence-corrected chi connectivity index (χ0v) is 22.3. The van der Waals surface area contributed by atoms with E-state index in [0.717, 1.165) is 38.5 Å². The Kier molecular flexibility index (Phi) is 7.15. The summed E-state index contributed by atoms with van der Waals surface area (Å²) in [7, 11) is 2.24. The molecular formula is C29H37O3P. The van der Waals surface area contributed by atoms with E-state index in [-0.39, 0.29) is 10.8 Å². The van der Waals surface area contributed by atoms with E-state index in [9.17, 15) is 5.11 Å². The molecule has 0 fully saturated rings. The van der Waals surface area contributed by atoms with Gasteiger partial charge < -0.3 is 14.6 Å². The lowest BCUT2D eigenvalue weighted by molar-refractivity contribution is 0.417. The summed E-state index contributed by atoms with van der Waals surface area (Å²) in [4.78, 5) is 0. The third kappa shape index (κ3) is 5.04. The standard InChI is InChI=1S/C29H37O3P/c1-19-13-12-15-23(32-9)27(19)33(24-16-11-10-14-22(24)31-8)25-18-20(28(2,3)4)17-21(26(25)30)29(5,6)7/h10-18,30H,1-9H3. The molecule has 0 aliphatic carbocycles. The van der Waals surface area contributed by atoms with Crippen LogP contribution < -0.4 is 25.4 Å². The summed E-state index contributed by atoms with van der Waals surface area (Å²) < 4.78 is 11.7. The maximum absolute atomic E-state index is 11.8. The Morgan fingerprint density at radius 2 is 1.33 bits per heavy atom. The van der Waals surface area contributed by atoms with Crippen LogP contribution in [0.5, 0.6) is 17.2 Å². The normalized spacial score (nSPS) is 13.0. The molecule has 1 unspecified atom stereocenters. The molecule has 3 rings (SSSR count). The summed E-state index contributed by atoms with van der Waals surface area (Å²) >= 11 is 0. The average Bonchev–Trinajstić information content (AvgIpc) is 2.74. The molecule has 0 heterocycles. The molecule has 3 aromatic carbocycles. The van der Waals surface area contributed by atoms with Gasteiger partial charge in [0.25, 0.3) is 0 Å². The molecule has 33 heavy (non-hydrogen) atoms. The van der Waals surface area contributed by atoms with Crippen molar-refractivity contribution in [3.8, 4) is 17.2 Å². The predicted molar refractivity (Wildman–Crippen MR) is 142 cm³/mol. The molecule has 0 aromatic heterocycles. The van der Waals surface area contributed by atoms with Crippen molar-refractivity contribution >= 4 is 23.8 Å². The van der Waals surface area contributed by atoms with Gasteiger partial charge in [-0.05, 0) is 55.0 Å². The first-order chi connectivity index (χ1) is 15.4. The third-order valence-electron chi connectivity index (χ3n) is 5.98. The van der Waals surface area contributed by atoms with Crippen LogP contribution in [0.4, 0.5) is 0 Å². The molecule has 0 aliphatic heterocycles. The van der Waals surface area contributed by atoms with Gasteiger partial charge in [-0.1, -0.05) is 77.9 Å². The molecule has 3 aromatic rings. The van der Waals surface area contributed by atoms with Crippen molar-refractivity contribution in [1.82, 2.24) is 0 Å². The number of hydrogen-bond acceptors (Lipinski definition) is 3. The highest BCUT2D eigenvalue weighted by Gasteiger charge is 2.32. The number of methoxy groups -OCH3 is 2. The van der Waals surface area contributed by atoms with Crippen molar-refractivity contribution in [3.05, 3.63) is 71.3 Å². The fourth-order valence-electron chi connectivity index (χ4n) is 4.06. The van der Waals surface area contributed by atoms with Gasteiger partial charge in [-0.3, -0.25) is 0 Å². The van der Waals surface area contributed by atoms with Crippen LogP contribution >= 0.6 is 7.92 Å². The Labute approximate surface area is 200 Å². The van der Waals surface area contributed by atoms with Gasteiger partial charge in [0, 0.05) is 21.5 Å². The van der Waals surface area contributed by atoms with E-state index < -0.39 is 7.92 Å². The fourth-order valence-corrected chi connectivity index (χ4v) is 6.84. The second-order valence-corrected chi connectivity index (χ2v) is 12.6. The number of rotatable bonds is 5. The number of aromatic hydroxyl groups is 1. The van der Waals surface area contributed by atoms with Gasteiger partial charge in [0.1, 0.15) is 17.2 Å². The van der Waals surface area contributed by atoms with Crippen LogP contribution in [0, 0.1) is 6.92 Å². The number of para-hydroxylation sites is 1. The lowest BCUT2D eigenvalue weighted by Crippen LogP contribution is -2.28. The lowest BCUT2D eigenvalue weighted by Gasteiger charge is -2.31. The highest BCUT2D eigenvalue weighted by molar-refractivity contribution is 7.80. The fraction of sp³-hybridized carbons (Fsp3) is 0.379. The smallest absolute Gasteiger partial charge is 0.127 e. The van der Waals surface area contributed by atoms with Crippen LogP contribution in [-0.2, 0) is 10.8 Å².